The van der Waals surface area contributed by atoms with Gasteiger partial charge in [0.2, 0.25) is 15.9 Å². The molecule has 33 heavy (non-hydrogen) atoms. The first-order valence-electron chi connectivity index (χ1n) is 11.7. The Labute approximate surface area is 196 Å². The molecular weight excluding hydrogens is 438 g/mol. The molecule has 2 aromatic carbocycles. The zero-order valence-electron chi connectivity index (χ0n) is 19.2. The number of carbonyl (C=O) groups is 1. The fourth-order valence-corrected chi connectivity index (χ4v) is 5.93. The second kappa shape index (κ2) is 10.8. The van der Waals surface area contributed by atoms with Crippen LogP contribution in [0.5, 0.6) is 0 Å². The molecule has 7 nitrogen and oxygen atoms in total. The van der Waals surface area contributed by atoms with E-state index in [0.29, 0.717) is 45.2 Å². The van der Waals surface area contributed by atoms with Gasteiger partial charge in [-0.3, -0.25) is 9.69 Å². The zero-order chi connectivity index (χ0) is 23.3. The number of hydrogen-bond acceptors (Lipinski definition) is 5. The van der Waals surface area contributed by atoms with Crippen LogP contribution in [0.3, 0.4) is 0 Å². The lowest BCUT2D eigenvalue weighted by molar-refractivity contribution is -0.121. The van der Waals surface area contributed by atoms with Crippen molar-refractivity contribution in [2.45, 2.75) is 43.2 Å². The van der Waals surface area contributed by atoms with E-state index in [4.69, 9.17) is 4.74 Å². The molecule has 0 aliphatic carbocycles. The number of ether oxygens (including phenoxy) is 1. The van der Waals surface area contributed by atoms with Gasteiger partial charge in [-0.25, -0.2) is 8.42 Å². The Morgan fingerprint density at radius 1 is 1.06 bits per heavy atom. The standard InChI is InChI=1S/C25H33N3O4S/c1-20(22-5-3-2-4-6-22)27-14-13-23(19-27)26-25(29)12-9-21-7-10-24(11-8-21)33(30,31)28-15-17-32-18-16-28/h2-8,10-11,20,23H,9,12-19H2,1H3,(H,26,29). The van der Waals surface area contributed by atoms with Crippen LogP contribution in [0.2, 0.25) is 0 Å². The van der Waals surface area contributed by atoms with E-state index in [1.807, 2.05) is 6.07 Å². The number of sulfonamides is 1. The average Bonchev–Trinajstić information content (AvgIpc) is 3.32. The van der Waals surface area contributed by atoms with Crippen LogP contribution in [0, 0.1) is 0 Å². The van der Waals surface area contributed by atoms with E-state index in [-0.39, 0.29) is 16.8 Å². The molecule has 0 saturated carbocycles. The second-order valence-electron chi connectivity index (χ2n) is 8.80. The van der Waals surface area contributed by atoms with Crippen LogP contribution in [0.1, 0.15) is 36.9 Å². The van der Waals surface area contributed by atoms with E-state index < -0.39 is 10.0 Å². The van der Waals surface area contributed by atoms with Crippen molar-refractivity contribution in [2.75, 3.05) is 39.4 Å². The molecule has 2 fully saturated rings. The number of nitrogens with one attached hydrogen (secondary N) is 1. The minimum atomic E-state index is -3.49. The van der Waals surface area contributed by atoms with Crippen molar-refractivity contribution in [2.24, 2.45) is 0 Å². The fourth-order valence-electron chi connectivity index (χ4n) is 4.52. The maximum atomic E-state index is 12.7. The van der Waals surface area contributed by atoms with E-state index in [0.717, 1.165) is 25.1 Å². The number of morpholine rings is 1. The van der Waals surface area contributed by atoms with E-state index in [9.17, 15) is 13.2 Å². The minimum Gasteiger partial charge on any atom is -0.379 e. The van der Waals surface area contributed by atoms with Gasteiger partial charge in [-0.15, -0.1) is 0 Å². The predicted molar refractivity (Wildman–Crippen MR) is 127 cm³/mol. The molecule has 1 N–H and O–H groups in total. The molecule has 0 radical (unpaired) electrons. The molecule has 8 heteroatoms. The monoisotopic (exact) mass is 471 g/mol. The first-order chi connectivity index (χ1) is 15.9. The van der Waals surface area contributed by atoms with Crippen LogP contribution >= 0.6 is 0 Å². The first kappa shape index (κ1) is 23.9. The van der Waals surface area contributed by atoms with Gasteiger partial charge in [0.05, 0.1) is 18.1 Å². The molecule has 0 aromatic heterocycles. The third kappa shape index (κ3) is 6.00. The first-order valence-corrected chi connectivity index (χ1v) is 13.1. The highest BCUT2D eigenvalue weighted by atomic mass is 32.2. The number of rotatable bonds is 8. The summed E-state index contributed by atoms with van der Waals surface area (Å²) >= 11 is 0. The molecule has 1 amide bonds. The second-order valence-corrected chi connectivity index (χ2v) is 10.7. The van der Waals surface area contributed by atoms with Crippen LogP contribution in [0.4, 0.5) is 0 Å². The van der Waals surface area contributed by atoms with Gasteiger partial charge >= 0.3 is 0 Å². The van der Waals surface area contributed by atoms with Crippen molar-refractivity contribution >= 4 is 15.9 Å². The summed E-state index contributed by atoms with van der Waals surface area (Å²) in [7, 11) is -3.49. The predicted octanol–water partition coefficient (Wildman–Crippen LogP) is 2.59. The van der Waals surface area contributed by atoms with Crippen molar-refractivity contribution in [3.8, 4) is 0 Å². The van der Waals surface area contributed by atoms with Gasteiger partial charge in [-0.2, -0.15) is 4.31 Å². The number of benzene rings is 2. The minimum absolute atomic E-state index is 0.0410. The third-order valence-electron chi connectivity index (χ3n) is 6.59. The molecular formula is C25H33N3O4S. The number of carbonyl (C=O) groups excluding carboxylic acids is 1. The van der Waals surface area contributed by atoms with Crippen molar-refractivity contribution < 1.29 is 17.9 Å². The molecule has 2 atom stereocenters. The van der Waals surface area contributed by atoms with Gasteiger partial charge in [0.25, 0.3) is 0 Å². The smallest absolute Gasteiger partial charge is 0.243 e. The molecule has 2 aliphatic heterocycles. The average molecular weight is 472 g/mol. The molecule has 2 heterocycles. The van der Waals surface area contributed by atoms with E-state index in [2.05, 4.69) is 41.4 Å². The summed E-state index contributed by atoms with van der Waals surface area (Å²) < 4.78 is 32.2. The molecule has 2 saturated heterocycles. The lowest BCUT2D eigenvalue weighted by Crippen LogP contribution is -2.40. The summed E-state index contributed by atoms with van der Waals surface area (Å²) in [6.45, 7) is 5.66. The van der Waals surface area contributed by atoms with Crippen LogP contribution in [0.15, 0.2) is 59.5 Å². The quantitative estimate of drug-likeness (QED) is 0.640. The summed E-state index contributed by atoms with van der Waals surface area (Å²) in [4.78, 5) is 15.2. The van der Waals surface area contributed by atoms with Crippen LogP contribution in [0.25, 0.3) is 0 Å². The van der Waals surface area contributed by atoms with E-state index >= 15 is 0 Å². The molecule has 2 unspecified atom stereocenters. The summed E-state index contributed by atoms with van der Waals surface area (Å²) in [5.41, 5.74) is 2.25. The van der Waals surface area contributed by atoms with Gasteiger partial charge in [0, 0.05) is 44.7 Å². The topological polar surface area (TPSA) is 79.0 Å². The number of nitrogens with zero attached hydrogens (tertiary/aromatic N) is 2. The van der Waals surface area contributed by atoms with Gasteiger partial charge in [0.15, 0.2) is 0 Å². The van der Waals surface area contributed by atoms with Crippen molar-refractivity contribution in [1.82, 2.24) is 14.5 Å². The Balaban J connectivity index is 1.24. The Bertz CT molecular complexity index is 1020. The Morgan fingerprint density at radius 2 is 1.76 bits per heavy atom. The SMILES string of the molecule is CC(c1ccccc1)N1CCC(NC(=O)CCc2ccc(S(=O)(=O)N3CCOCC3)cc2)C1. The molecule has 2 aliphatic rings. The lowest BCUT2D eigenvalue weighted by atomic mass is 10.1. The number of aryl methyl sites for hydroxylation is 1. The highest BCUT2D eigenvalue weighted by Crippen LogP contribution is 2.24. The van der Waals surface area contributed by atoms with E-state index in [1.165, 1.54) is 9.87 Å². The Morgan fingerprint density at radius 3 is 2.45 bits per heavy atom. The van der Waals surface area contributed by atoms with Gasteiger partial charge in [-0.1, -0.05) is 42.5 Å². The Hall–Kier alpha value is -2.26. The summed E-state index contributed by atoms with van der Waals surface area (Å²) in [5, 5.41) is 3.17. The lowest BCUT2D eigenvalue weighted by Gasteiger charge is -2.26. The highest BCUT2D eigenvalue weighted by molar-refractivity contribution is 7.89. The maximum Gasteiger partial charge on any atom is 0.243 e. The molecule has 4 rings (SSSR count). The summed E-state index contributed by atoms with van der Waals surface area (Å²) in [5.74, 6) is 0.0410. The Kier molecular flexibility index (Phi) is 7.80. The molecule has 0 spiro atoms. The molecule has 0 bridgehead atoms. The van der Waals surface area contributed by atoms with Crippen LogP contribution < -0.4 is 5.32 Å². The fraction of sp³-hybridized carbons (Fsp3) is 0.480. The van der Waals surface area contributed by atoms with Crippen LogP contribution in [-0.2, 0) is 26.0 Å². The van der Waals surface area contributed by atoms with Gasteiger partial charge in [-0.05, 0) is 43.0 Å². The van der Waals surface area contributed by atoms with Gasteiger partial charge < -0.3 is 10.1 Å². The summed E-state index contributed by atoms with van der Waals surface area (Å²) in [6.07, 6.45) is 1.93. The molecule has 2 aromatic rings. The van der Waals surface area contributed by atoms with Crippen LogP contribution in [-0.4, -0.2) is 69.0 Å². The highest BCUT2D eigenvalue weighted by Gasteiger charge is 2.28. The normalized spacial score (nSPS) is 21.1. The van der Waals surface area contributed by atoms with Crippen molar-refractivity contribution in [3.05, 3.63) is 65.7 Å². The third-order valence-corrected chi connectivity index (χ3v) is 8.50. The zero-order valence-corrected chi connectivity index (χ0v) is 20.0. The van der Waals surface area contributed by atoms with E-state index in [1.54, 1.807) is 24.3 Å². The maximum absolute atomic E-state index is 12.7. The number of amides is 1. The number of hydrogen-bond donors (Lipinski definition) is 1. The summed E-state index contributed by atoms with van der Waals surface area (Å²) in [6, 6.07) is 17.8. The van der Waals surface area contributed by atoms with Crippen molar-refractivity contribution in [1.29, 1.82) is 0 Å². The van der Waals surface area contributed by atoms with Crippen molar-refractivity contribution in [3.63, 3.8) is 0 Å². The largest absolute Gasteiger partial charge is 0.379 e. The van der Waals surface area contributed by atoms with Gasteiger partial charge in [0.1, 0.15) is 0 Å². The number of likely N-dealkylation sites (tertiary alicyclic amines) is 1. The molecule has 178 valence electrons.